The molecular formula is C58H58N8. The van der Waals surface area contributed by atoms with E-state index in [0.717, 1.165) is 56.2 Å². The first kappa shape index (κ1) is 46.6. The lowest BCUT2D eigenvalue weighted by Gasteiger charge is -2.20. The van der Waals surface area contributed by atoms with Crippen LogP contribution in [0, 0.1) is 22.7 Å². The van der Waals surface area contributed by atoms with Gasteiger partial charge in [-0.2, -0.15) is 10.5 Å². The Bertz CT molecular complexity index is 2730. The molecule has 0 saturated carbocycles. The molecule has 0 amide bonds. The van der Waals surface area contributed by atoms with Gasteiger partial charge in [0.2, 0.25) is 0 Å². The highest BCUT2D eigenvalue weighted by Crippen LogP contribution is 2.33. The summed E-state index contributed by atoms with van der Waals surface area (Å²) in [7, 11) is 0. The summed E-state index contributed by atoms with van der Waals surface area (Å²) in [5.41, 5.74) is 13.9. The summed E-state index contributed by atoms with van der Waals surface area (Å²) in [5.74, 6) is 0. The number of hydrogen-bond donors (Lipinski definition) is 0. The van der Waals surface area contributed by atoms with E-state index in [-0.39, 0.29) is 21.7 Å². The number of hydrogen-bond acceptors (Lipinski definition) is 8. The van der Waals surface area contributed by atoms with Crippen LogP contribution >= 0.6 is 0 Å². The predicted molar refractivity (Wildman–Crippen MR) is 270 cm³/mol. The van der Waals surface area contributed by atoms with Crippen molar-refractivity contribution in [1.29, 1.82) is 10.5 Å². The largest absolute Gasteiger partial charge is 0.255 e. The van der Waals surface area contributed by atoms with Gasteiger partial charge in [0, 0.05) is 24.8 Å². The van der Waals surface area contributed by atoms with E-state index in [2.05, 4.69) is 119 Å². The van der Waals surface area contributed by atoms with Crippen molar-refractivity contribution in [1.82, 2.24) is 29.9 Å². The van der Waals surface area contributed by atoms with Gasteiger partial charge in [-0.05, 0) is 151 Å². The topological polar surface area (TPSA) is 125 Å². The van der Waals surface area contributed by atoms with Gasteiger partial charge in [0.25, 0.3) is 0 Å². The molecule has 0 radical (unpaired) electrons. The maximum absolute atomic E-state index is 10.5. The molecule has 0 aliphatic heterocycles. The van der Waals surface area contributed by atoms with Gasteiger partial charge in [-0.25, -0.2) is 9.97 Å². The molecule has 0 atom stereocenters. The molecule has 0 bridgehead atoms. The van der Waals surface area contributed by atoms with Crippen molar-refractivity contribution < 1.29 is 0 Å². The number of benzene rings is 1. The molecule has 8 nitrogen and oxygen atoms in total. The Hall–Kier alpha value is -7.42. The third kappa shape index (κ3) is 10.9. The highest BCUT2D eigenvalue weighted by molar-refractivity contribution is 5.81. The minimum Gasteiger partial charge on any atom is -0.255 e. The van der Waals surface area contributed by atoms with Gasteiger partial charge in [-0.3, -0.25) is 19.9 Å². The Labute approximate surface area is 391 Å². The van der Waals surface area contributed by atoms with Crippen LogP contribution in [0.15, 0.2) is 110 Å². The minimum absolute atomic E-state index is 0.0788. The van der Waals surface area contributed by atoms with Crippen LogP contribution in [0.25, 0.3) is 69.9 Å². The minimum atomic E-state index is -0.0788. The number of nitriles is 2. The van der Waals surface area contributed by atoms with Crippen molar-refractivity contribution in [2.75, 3.05) is 0 Å². The Balaban J connectivity index is 1.29. The number of nitrogens with zero attached hydrogens (tertiary/aromatic N) is 8. The van der Waals surface area contributed by atoms with E-state index in [0.29, 0.717) is 45.0 Å². The van der Waals surface area contributed by atoms with Crippen molar-refractivity contribution >= 4 is 24.3 Å². The van der Waals surface area contributed by atoms with Crippen LogP contribution in [-0.4, -0.2) is 29.9 Å². The van der Waals surface area contributed by atoms with Crippen LogP contribution in [0.5, 0.6) is 0 Å². The average Bonchev–Trinajstić information content (AvgIpc) is 3.29. The van der Waals surface area contributed by atoms with Crippen molar-refractivity contribution in [3.05, 3.63) is 165 Å². The first-order valence-corrected chi connectivity index (χ1v) is 22.4. The molecule has 8 heteroatoms. The lowest BCUT2D eigenvalue weighted by Crippen LogP contribution is -2.11. The highest BCUT2D eigenvalue weighted by Gasteiger charge is 2.20. The van der Waals surface area contributed by atoms with Gasteiger partial charge < -0.3 is 0 Å². The smallest absolute Gasteiger partial charge is 0.0998 e. The highest BCUT2D eigenvalue weighted by atomic mass is 14.8. The van der Waals surface area contributed by atoms with E-state index in [9.17, 15) is 10.5 Å². The molecule has 0 aliphatic rings. The van der Waals surface area contributed by atoms with E-state index in [1.807, 2.05) is 97.6 Å². The number of aromatic nitrogens is 6. The van der Waals surface area contributed by atoms with Crippen LogP contribution in [0.2, 0.25) is 0 Å². The molecule has 7 rings (SSSR count). The molecule has 0 fully saturated rings. The molecule has 330 valence electrons. The third-order valence-corrected chi connectivity index (χ3v) is 11.6. The summed E-state index contributed by atoms with van der Waals surface area (Å²) in [5, 5.41) is 21.0. The lowest BCUT2D eigenvalue weighted by atomic mass is 9.87. The molecule has 0 saturated heterocycles. The molecule has 0 spiro atoms. The monoisotopic (exact) mass is 866 g/mol. The Morgan fingerprint density at radius 3 is 0.833 bits per heavy atom. The van der Waals surface area contributed by atoms with E-state index in [4.69, 9.17) is 29.9 Å². The average molecular weight is 867 g/mol. The van der Waals surface area contributed by atoms with E-state index in [1.54, 1.807) is 12.1 Å². The van der Waals surface area contributed by atoms with E-state index >= 15 is 0 Å². The summed E-state index contributed by atoms with van der Waals surface area (Å²) in [6.45, 7) is 26.1. The summed E-state index contributed by atoms with van der Waals surface area (Å²) in [6.07, 6.45) is 15.0. The number of pyridine rings is 6. The second-order valence-corrected chi connectivity index (χ2v) is 21.0. The first-order valence-electron chi connectivity index (χ1n) is 22.4. The van der Waals surface area contributed by atoms with Crippen molar-refractivity contribution in [3.8, 4) is 57.7 Å². The standard InChI is InChI=1S/C58H58N8/c1-55(2,3)43-17-21-61-47(31-43)51-25-37(26-52(65-51)48-32-44(18-22-62-48)56(4,5)6)13-15-39-29-42(36-60)40(30-41(39)35-59)16-14-38-27-53(49-33-45(19-23-63-49)57(7,8)9)66-54(28-38)50-34-46(20-24-64-50)58(10,11)12/h13-34H,1-12H3/b15-13+,16-14+. The van der Waals surface area contributed by atoms with Crippen LogP contribution in [-0.2, 0) is 21.7 Å². The zero-order valence-corrected chi connectivity index (χ0v) is 40.3. The van der Waals surface area contributed by atoms with Crippen LogP contribution in [0.4, 0.5) is 0 Å². The van der Waals surface area contributed by atoms with Crippen molar-refractivity contribution in [2.24, 2.45) is 0 Å². The van der Waals surface area contributed by atoms with Crippen molar-refractivity contribution in [2.45, 2.75) is 105 Å². The van der Waals surface area contributed by atoms with Gasteiger partial charge in [0.05, 0.1) is 68.8 Å². The Kier molecular flexibility index (Phi) is 12.9. The lowest BCUT2D eigenvalue weighted by molar-refractivity contribution is 0.589. The fourth-order valence-corrected chi connectivity index (χ4v) is 7.44. The molecule has 6 heterocycles. The second-order valence-electron chi connectivity index (χ2n) is 21.0. The second kappa shape index (κ2) is 18.2. The maximum atomic E-state index is 10.5. The maximum Gasteiger partial charge on any atom is 0.0998 e. The fourth-order valence-electron chi connectivity index (χ4n) is 7.44. The summed E-state index contributed by atoms with van der Waals surface area (Å²) >= 11 is 0. The van der Waals surface area contributed by atoms with Gasteiger partial charge in [-0.15, -0.1) is 0 Å². The molecule has 0 aliphatic carbocycles. The van der Waals surface area contributed by atoms with Gasteiger partial charge >= 0.3 is 0 Å². The zero-order valence-electron chi connectivity index (χ0n) is 40.3. The third-order valence-electron chi connectivity index (χ3n) is 11.6. The summed E-state index contributed by atoms with van der Waals surface area (Å²) in [4.78, 5) is 29.1. The predicted octanol–water partition coefficient (Wildman–Crippen LogP) is 14.0. The molecule has 66 heavy (non-hydrogen) atoms. The zero-order chi connectivity index (χ0) is 47.6. The number of rotatable bonds is 8. The molecule has 0 N–H and O–H groups in total. The molecule has 1 aromatic carbocycles. The van der Waals surface area contributed by atoms with Crippen LogP contribution < -0.4 is 0 Å². The summed E-state index contributed by atoms with van der Waals surface area (Å²) in [6, 6.07) is 32.8. The van der Waals surface area contributed by atoms with Gasteiger partial charge in [0.1, 0.15) is 0 Å². The molecular weight excluding hydrogens is 809 g/mol. The van der Waals surface area contributed by atoms with Crippen LogP contribution in [0.3, 0.4) is 0 Å². The van der Waals surface area contributed by atoms with Crippen molar-refractivity contribution in [3.63, 3.8) is 0 Å². The Morgan fingerprint density at radius 2 is 0.606 bits per heavy atom. The Morgan fingerprint density at radius 1 is 0.348 bits per heavy atom. The quantitative estimate of drug-likeness (QED) is 0.148. The summed E-state index contributed by atoms with van der Waals surface area (Å²) < 4.78 is 0. The van der Waals surface area contributed by atoms with E-state index < -0.39 is 0 Å². The normalized spacial score (nSPS) is 12.4. The first-order chi connectivity index (χ1) is 31.1. The molecule has 7 aromatic rings. The van der Waals surface area contributed by atoms with E-state index in [1.165, 1.54) is 0 Å². The molecule has 0 unspecified atom stereocenters. The van der Waals surface area contributed by atoms with Gasteiger partial charge in [-0.1, -0.05) is 107 Å². The van der Waals surface area contributed by atoms with Gasteiger partial charge in [0.15, 0.2) is 0 Å². The fraction of sp³-hybridized carbons (Fsp3) is 0.276. The SMILES string of the molecule is CC(C)(C)c1ccnc(-c2cc(/C=C/c3cc(C#N)c(/C=C/c4cc(-c5cc(C(C)(C)C)ccn5)nc(-c5cc(C(C)(C)C)ccn5)c4)cc3C#N)cc(-c3cc(C(C)(C)C)ccn3)n2)c1. The molecule has 6 aromatic heterocycles. The van der Waals surface area contributed by atoms with Crippen LogP contribution in [0.1, 0.15) is 139 Å².